The molecule has 0 bridgehead atoms. The van der Waals surface area contributed by atoms with Gasteiger partial charge in [0, 0.05) is 55.1 Å². The van der Waals surface area contributed by atoms with Crippen LogP contribution < -0.4 is 11.1 Å². The fourth-order valence-electron chi connectivity index (χ4n) is 5.58. The molecular formula is C31H34F2N6O. The van der Waals surface area contributed by atoms with Crippen molar-refractivity contribution in [2.45, 2.75) is 60.0 Å². The second kappa shape index (κ2) is 11.2. The molecule has 9 heteroatoms. The first kappa shape index (κ1) is 27.5. The highest BCUT2D eigenvalue weighted by Crippen LogP contribution is 2.38. The Bertz CT molecular complexity index is 1570. The summed E-state index contributed by atoms with van der Waals surface area (Å²) in [6.45, 7) is 10.2. The molecule has 5 rings (SSSR count). The molecule has 208 valence electrons. The lowest BCUT2D eigenvalue weighted by atomic mass is 9.98. The Morgan fingerprint density at radius 2 is 1.77 bits per heavy atom. The molecule has 4 aromatic rings. The minimum Gasteiger partial charge on any atom is -0.351 e. The van der Waals surface area contributed by atoms with E-state index in [4.69, 9.17) is 10.8 Å². The fourth-order valence-corrected chi connectivity index (χ4v) is 5.58. The average molecular weight is 545 g/mol. The number of para-hydroxylation sites is 1. The first-order chi connectivity index (χ1) is 19.2. The molecule has 1 aliphatic rings. The zero-order chi connectivity index (χ0) is 28.6. The molecule has 0 unspecified atom stereocenters. The van der Waals surface area contributed by atoms with Crippen molar-refractivity contribution in [2.75, 3.05) is 11.9 Å². The number of pyridine rings is 1. The molecule has 2 aromatic carbocycles. The lowest BCUT2D eigenvalue weighted by molar-refractivity contribution is 0.244. The maximum atomic E-state index is 15.8. The van der Waals surface area contributed by atoms with E-state index >= 15 is 8.78 Å². The summed E-state index contributed by atoms with van der Waals surface area (Å²) >= 11 is 0. The van der Waals surface area contributed by atoms with Gasteiger partial charge in [-0.3, -0.25) is 9.88 Å². The van der Waals surface area contributed by atoms with Crippen molar-refractivity contribution in [2.24, 2.45) is 5.73 Å². The molecule has 0 aliphatic carbocycles. The summed E-state index contributed by atoms with van der Waals surface area (Å²) in [6.07, 6.45) is 4.11. The third kappa shape index (κ3) is 5.21. The maximum Gasteiger partial charge on any atom is 0.316 e. The number of rotatable bonds is 7. The molecule has 0 fully saturated rings. The molecule has 2 aromatic heterocycles. The molecule has 1 aliphatic heterocycles. The molecule has 0 spiro atoms. The number of anilines is 1. The number of nitrogens with zero attached hydrogens (tertiary/aromatic N) is 4. The second-order valence-electron chi connectivity index (χ2n) is 10.3. The Balaban J connectivity index is 1.68. The Hall–Kier alpha value is -4.11. The Morgan fingerprint density at radius 1 is 1.05 bits per heavy atom. The van der Waals surface area contributed by atoms with E-state index in [2.05, 4.69) is 54.2 Å². The molecule has 0 atom stereocenters. The van der Waals surface area contributed by atoms with E-state index in [9.17, 15) is 4.79 Å². The number of benzene rings is 2. The van der Waals surface area contributed by atoms with Crippen LogP contribution in [0.4, 0.5) is 19.3 Å². The van der Waals surface area contributed by atoms with E-state index in [0.717, 1.165) is 70.8 Å². The number of nitrogens with two attached hydrogens (primary N) is 1. The highest BCUT2D eigenvalue weighted by molar-refractivity contribution is 5.88. The number of aryl methyl sites for hydroxylation is 4. The number of primary amides is 1. The third-order valence-electron chi connectivity index (χ3n) is 7.61. The second-order valence-corrected chi connectivity index (χ2v) is 10.3. The number of carbonyl (C=O) groups excluding carboxylic acids is 1. The number of nitrogens with one attached hydrogen (secondary N) is 1. The zero-order valence-corrected chi connectivity index (χ0v) is 23.3. The molecule has 2 amide bonds. The maximum absolute atomic E-state index is 15.8. The van der Waals surface area contributed by atoms with Crippen molar-refractivity contribution in [3.05, 3.63) is 93.4 Å². The summed E-state index contributed by atoms with van der Waals surface area (Å²) in [6, 6.07) is 9.34. The normalized spacial score (nSPS) is 13.3. The van der Waals surface area contributed by atoms with Gasteiger partial charge in [-0.1, -0.05) is 32.0 Å². The Labute approximate surface area is 233 Å². The van der Waals surface area contributed by atoms with Gasteiger partial charge in [0.1, 0.15) is 11.6 Å². The highest BCUT2D eigenvalue weighted by Gasteiger charge is 2.30. The predicted molar refractivity (Wildman–Crippen MR) is 152 cm³/mol. The standard InChI is InChI=1S/C31H34F2N6O/c1-5-20-8-7-9-21(6-2)29(20)39-30(23-13-26(33)28(14-25(23)32)36-31(34)40)24-17-38(11-10-27(24)37-39)16-22-15-35-19(4)12-18(22)3/h7-9,12-15H,5-6,10-11,16-17H2,1-4H3,(H3,34,36,40). The molecule has 0 saturated heterocycles. The average Bonchev–Trinajstić information content (AvgIpc) is 3.29. The molecule has 40 heavy (non-hydrogen) atoms. The van der Waals surface area contributed by atoms with Gasteiger partial charge in [-0.2, -0.15) is 5.10 Å². The number of hydrogen-bond donors (Lipinski definition) is 2. The van der Waals surface area contributed by atoms with Gasteiger partial charge in [-0.15, -0.1) is 0 Å². The van der Waals surface area contributed by atoms with Crippen LogP contribution in [0.1, 0.15) is 53.1 Å². The van der Waals surface area contributed by atoms with Crippen molar-refractivity contribution in [1.82, 2.24) is 19.7 Å². The molecule has 3 N–H and O–H groups in total. The van der Waals surface area contributed by atoms with Gasteiger partial charge in [-0.05, 0) is 61.1 Å². The van der Waals surface area contributed by atoms with Crippen molar-refractivity contribution in [3.63, 3.8) is 0 Å². The number of halogens is 2. The van der Waals surface area contributed by atoms with Crippen molar-refractivity contribution < 1.29 is 13.6 Å². The monoisotopic (exact) mass is 544 g/mol. The first-order valence-corrected chi connectivity index (χ1v) is 13.6. The summed E-state index contributed by atoms with van der Waals surface area (Å²) in [5.41, 5.74) is 13.5. The number of urea groups is 1. The van der Waals surface area contributed by atoms with E-state index < -0.39 is 17.7 Å². The quantitative estimate of drug-likeness (QED) is 0.299. The van der Waals surface area contributed by atoms with Crippen LogP contribution in [0.3, 0.4) is 0 Å². The van der Waals surface area contributed by atoms with Gasteiger partial charge in [0.15, 0.2) is 0 Å². The van der Waals surface area contributed by atoms with Crippen LogP contribution in [-0.4, -0.2) is 32.2 Å². The summed E-state index contributed by atoms with van der Waals surface area (Å²) in [7, 11) is 0. The predicted octanol–water partition coefficient (Wildman–Crippen LogP) is 6.00. The summed E-state index contributed by atoms with van der Waals surface area (Å²) in [5, 5.41) is 7.19. The largest absolute Gasteiger partial charge is 0.351 e. The van der Waals surface area contributed by atoms with Crippen LogP contribution in [0.25, 0.3) is 16.9 Å². The molecule has 0 radical (unpaired) electrons. The molecule has 3 heterocycles. The van der Waals surface area contributed by atoms with Crippen molar-refractivity contribution in [3.8, 4) is 16.9 Å². The van der Waals surface area contributed by atoms with Gasteiger partial charge < -0.3 is 11.1 Å². The van der Waals surface area contributed by atoms with E-state index in [1.165, 1.54) is 5.56 Å². The van der Waals surface area contributed by atoms with Crippen LogP contribution in [0.5, 0.6) is 0 Å². The van der Waals surface area contributed by atoms with Crippen molar-refractivity contribution >= 4 is 11.7 Å². The number of aromatic nitrogens is 3. The summed E-state index contributed by atoms with van der Waals surface area (Å²) in [5.74, 6) is -1.44. The van der Waals surface area contributed by atoms with Crippen LogP contribution in [0.2, 0.25) is 0 Å². The van der Waals surface area contributed by atoms with E-state index in [1.54, 1.807) is 0 Å². The highest BCUT2D eigenvalue weighted by atomic mass is 19.1. The fraction of sp³-hybridized carbons (Fsp3) is 0.323. The van der Waals surface area contributed by atoms with Gasteiger partial charge in [-0.25, -0.2) is 18.3 Å². The van der Waals surface area contributed by atoms with Gasteiger partial charge in [0.2, 0.25) is 0 Å². The summed E-state index contributed by atoms with van der Waals surface area (Å²) < 4.78 is 32.8. The van der Waals surface area contributed by atoms with Crippen molar-refractivity contribution in [1.29, 1.82) is 0 Å². The molecular weight excluding hydrogens is 510 g/mol. The number of fused-ring (bicyclic) bond motifs is 1. The minimum absolute atomic E-state index is 0.0873. The van der Waals surface area contributed by atoms with Crippen LogP contribution in [0, 0.1) is 25.5 Å². The Morgan fingerprint density at radius 3 is 2.42 bits per heavy atom. The Kier molecular flexibility index (Phi) is 7.67. The van der Waals surface area contributed by atoms with Gasteiger partial charge in [0.05, 0.1) is 22.8 Å². The third-order valence-corrected chi connectivity index (χ3v) is 7.61. The van der Waals surface area contributed by atoms with E-state index in [-0.39, 0.29) is 11.3 Å². The SMILES string of the molecule is CCc1cccc(CC)c1-n1nc2c(c1-c1cc(F)c(NC(N)=O)cc1F)CN(Cc1cnc(C)cc1C)CC2. The van der Waals surface area contributed by atoms with Crippen LogP contribution in [0.15, 0.2) is 42.6 Å². The first-order valence-electron chi connectivity index (χ1n) is 13.6. The molecule has 0 saturated carbocycles. The van der Waals surface area contributed by atoms with Crippen LogP contribution >= 0.6 is 0 Å². The summed E-state index contributed by atoms with van der Waals surface area (Å²) in [4.78, 5) is 18.1. The molecule has 7 nitrogen and oxygen atoms in total. The lowest BCUT2D eigenvalue weighted by Crippen LogP contribution is -2.30. The van der Waals surface area contributed by atoms with Crippen LogP contribution in [-0.2, 0) is 32.4 Å². The number of amides is 2. The lowest BCUT2D eigenvalue weighted by Gasteiger charge is -2.27. The minimum atomic E-state index is -0.963. The zero-order valence-electron chi connectivity index (χ0n) is 23.3. The van der Waals surface area contributed by atoms with Gasteiger partial charge in [0.25, 0.3) is 0 Å². The van der Waals surface area contributed by atoms with E-state index in [0.29, 0.717) is 25.2 Å². The number of carbonyl (C=O) groups is 1. The van der Waals surface area contributed by atoms with Gasteiger partial charge >= 0.3 is 6.03 Å². The number of hydrogen-bond acceptors (Lipinski definition) is 4. The van der Waals surface area contributed by atoms with E-state index in [1.807, 2.05) is 23.9 Å². The topological polar surface area (TPSA) is 89.1 Å². The smallest absolute Gasteiger partial charge is 0.316 e.